The van der Waals surface area contributed by atoms with Crippen molar-refractivity contribution >= 4 is 0 Å². The SMILES string of the molecule is COC1(c2cnc(C)n2[C@H](C)c2ccccc2)CC1. The Bertz CT molecular complexity index is 570. The highest BCUT2D eigenvalue weighted by Gasteiger charge is 2.48. The molecule has 3 rings (SSSR count). The van der Waals surface area contributed by atoms with Gasteiger partial charge in [0.2, 0.25) is 0 Å². The molecule has 1 aromatic carbocycles. The molecule has 19 heavy (non-hydrogen) atoms. The molecule has 100 valence electrons. The van der Waals surface area contributed by atoms with E-state index in [1.54, 1.807) is 7.11 Å². The zero-order valence-corrected chi connectivity index (χ0v) is 11.8. The summed E-state index contributed by atoms with van der Waals surface area (Å²) in [4.78, 5) is 4.50. The Morgan fingerprint density at radius 2 is 1.95 bits per heavy atom. The van der Waals surface area contributed by atoms with Crippen LogP contribution in [0, 0.1) is 6.92 Å². The largest absolute Gasteiger partial charge is 0.372 e. The van der Waals surface area contributed by atoms with Gasteiger partial charge in [0.1, 0.15) is 11.4 Å². The smallest absolute Gasteiger partial charge is 0.109 e. The van der Waals surface area contributed by atoms with Gasteiger partial charge in [-0.15, -0.1) is 0 Å². The van der Waals surface area contributed by atoms with E-state index in [1.807, 2.05) is 6.20 Å². The molecular formula is C16H20N2O. The predicted octanol–water partition coefficient (Wildman–Crippen LogP) is 3.44. The van der Waals surface area contributed by atoms with E-state index in [0.717, 1.165) is 18.7 Å². The van der Waals surface area contributed by atoms with Crippen molar-refractivity contribution in [1.29, 1.82) is 0 Å². The van der Waals surface area contributed by atoms with Crippen molar-refractivity contribution in [3.8, 4) is 0 Å². The molecule has 1 aliphatic carbocycles. The minimum absolute atomic E-state index is 0.0930. The first-order valence-corrected chi connectivity index (χ1v) is 6.82. The number of methoxy groups -OCH3 is 1. The zero-order valence-electron chi connectivity index (χ0n) is 11.8. The third-order valence-electron chi connectivity index (χ3n) is 4.21. The van der Waals surface area contributed by atoms with Gasteiger partial charge >= 0.3 is 0 Å². The summed E-state index contributed by atoms with van der Waals surface area (Å²) in [5.74, 6) is 1.05. The average molecular weight is 256 g/mol. The first kappa shape index (κ1) is 12.4. The summed E-state index contributed by atoms with van der Waals surface area (Å²) in [6.45, 7) is 4.29. The van der Waals surface area contributed by atoms with E-state index < -0.39 is 0 Å². The topological polar surface area (TPSA) is 27.1 Å². The van der Waals surface area contributed by atoms with Crippen molar-refractivity contribution in [2.75, 3.05) is 7.11 Å². The van der Waals surface area contributed by atoms with Gasteiger partial charge in [0, 0.05) is 7.11 Å². The van der Waals surface area contributed by atoms with Crippen LogP contribution in [0.3, 0.4) is 0 Å². The van der Waals surface area contributed by atoms with Crippen LogP contribution >= 0.6 is 0 Å². The van der Waals surface area contributed by atoms with E-state index >= 15 is 0 Å². The van der Waals surface area contributed by atoms with Crippen LogP contribution in [0.15, 0.2) is 36.5 Å². The molecule has 1 saturated carbocycles. The third-order valence-corrected chi connectivity index (χ3v) is 4.21. The van der Waals surface area contributed by atoms with Crippen molar-refractivity contribution in [1.82, 2.24) is 9.55 Å². The van der Waals surface area contributed by atoms with E-state index in [9.17, 15) is 0 Å². The zero-order chi connectivity index (χ0) is 13.5. The molecule has 1 aliphatic rings. The maximum absolute atomic E-state index is 5.71. The molecule has 0 spiro atoms. The molecule has 1 fully saturated rings. The lowest BCUT2D eigenvalue weighted by Crippen LogP contribution is -2.19. The number of ether oxygens (including phenoxy) is 1. The van der Waals surface area contributed by atoms with Gasteiger partial charge in [0.05, 0.1) is 17.9 Å². The summed E-state index contributed by atoms with van der Waals surface area (Å²) in [6.07, 6.45) is 4.16. The molecule has 0 radical (unpaired) electrons. The summed E-state index contributed by atoms with van der Waals surface area (Å²) in [5.41, 5.74) is 2.42. The molecule has 1 heterocycles. The molecule has 0 bridgehead atoms. The van der Waals surface area contributed by atoms with Crippen LogP contribution in [0.1, 0.15) is 42.9 Å². The Morgan fingerprint density at radius 1 is 1.26 bits per heavy atom. The summed E-state index contributed by atoms with van der Waals surface area (Å²) < 4.78 is 8.03. The molecule has 2 aromatic rings. The summed E-state index contributed by atoms with van der Waals surface area (Å²) >= 11 is 0. The summed E-state index contributed by atoms with van der Waals surface area (Å²) in [5, 5.41) is 0. The van der Waals surface area contributed by atoms with Gasteiger partial charge < -0.3 is 9.30 Å². The average Bonchev–Trinajstić information content (AvgIpc) is 3.16. The van der Waals surface area contributed by atoms with Gasteiger partial charge in [0.25, 0.3) is 0 Å². The van der Waals surface area contributed by atoms with Crippen LogP contribution < -0.4 is 0 Å². The van der Waals surface area contributed by atoms with E-state index in [4.69, 9.17) is 4.74 Å². The number of benzene rings is 1. The van der Waals surface area contributed by atoms with Crippen LogP contribution in [0.25, 0.3) is 0 Å². The minimum atomic E-state index is -0.0930. The fraction of sp³-hybridized carbons (Fsp3) is 0.438. The second kappa shape index (κ2) is 4.49. The van der Waals surface area contributed by atoms with Crippen molar-refractivity contribution in [2.45, 2.75) is 38.3 Å². The Morgan fingerprint density at radius 3 is 2.53 bits per heavy atom. The monoisotopic (exact) mass is 256 g/mol. The van der Waals surface area contributed by atoms with E-state index in [-0.39, 0.29) is 11.6 Å². The third kappa shape index (κ3) is 1.98. The molecule has 1 atom stereocenters. The molecule has 0 N–H and O–H groups in total. The molecule has 3 nitrogen and oxygen atoms in total. The van der Waals surface area contributed by atoms with Gasteiger partial charge in [-0.1, -0.05) is 30.3 Å². The van der Waals surface area contributed by atoms with Gasteiger partial charge in [-0.05, 0) is 32.3 Å². The Labute approximate surface area is 114 Å². The number of hydrogen-bond donors (Lipinski definition) is 0. The summed E-state index contributed by atoms with van der Waals surface area (Å²) in [6, 6.07) is 10.8. The standard InChI is InChI=1S/C16H20N2O/c1-12(14-7-5-4-6-8-14)18-13(2)17-11-15(18)16(19-3)9-10-16/h4-8,11-12H,9-10H2,1-3H3/t12-/m1/s1. The summed E-state index contributed by atoms with van der Waals surface area (Å²) in [7, 11) is 1.80. The lowest BCUT2D eigenvalue weighted by Gasteiger charge is -2.23. The lowest BCUT2D eigenvalue weighted by molar-refractivity contribution is 0.0711. The van der Waals surface area contributed by atoms with Gasteiger partial charge in [-0.3, -0.25) is 0 Å². The Kier molecular flexibility index (Phi) is 2.94. The van der Waals surface area contributed by atoms with Crippen molar-refractivity contribution in [2.24, 2.45) is 0 Å². The Hall–Kier alpha value is -1.61. The number of nitrogens with zero attached hydrogens (tertiary/aromatic N) is 2. The molecule has 0 aliphatic heterocycles. The maximum atomic E-state index is 5.71. The fourth-order valence-electron chi connectivity index (χ4n) is 2.84. The van der Waals surface area contributed by atoms with Gasteiger partial charge in [0.15, 0.2) is 0 Å². The first-order valence-electron chi connectivity index (χ1n) is 6.82. The van der Waals surface area contributed by atoms with Gasteiger partial charge in [-0.2, -0.15) is 0 Å². The van der Waals surface area contributed by atoms with Crippen LogP contribution in [0.5, 0.6) is 0 Å². The molecule has 0 saturated heterocycles. The number of imidazole rings is 1. The van der Waals surface area contributed by atoms with E-state index in [0.29, 0.717) is 0 Å². The molecule has 0 amide bonds. The van der Waals surface area contributed by atoms with Crippen LogP contribution in [-0.2, 0) is 10.3 Å². The van der Waals surface area contributed by atoms with Crippen molar-refractivity contribution in [3.05, 3.63) is 53.6 Å². The highest BCUT2D eigenvalue weighted by Crippen LogP contribution is 2.49. The van der Waals surface area contributed by atoms with Gasteiger partial charge in [-0.25, -0.2) is 4.98 Å². The van der Waals surface area contributed by atoms with Crippen LogP contribution in [0.4, 0.5) is 0 Å². The maximum Gasteiger partial charge on any atom is 0.109 e. The van der Waals surface area contributed by atoms with Crippen LogP contribution in [0.2, 0.25) is 0 Å². The van der Waals surface area contributed by atoms with Crippen LogP contribution in [-0.4, -0.2) is 16.7 Å². The lowest BCUT2D eigenvalue weighted by atomic mass is 10.1. The van der Waals surface area contributed by atoms with E-state index in [2.05, 4.69) is 53.7 Å². The highest BCUT2D eigenvalue weighted by molar-refractivity contribution is 5.26. The number of aryl methyl sites for hydroxylation is 1. The normalized spacial score (nSPS) is 18.3. The second-order valence-corrected chi connectivity index (χ2v) is 5.35. The van der Waals surface area contributed by atoms with Crippen molar-refractivity contribution < 1.29 is 4.74 Å². The molecule has 0 unspecified atom stereocenters. The predicted molar refractivity (Wildman–Crippen MR) is 75.1 cm³/mol. The quantitative estimate of drug-likeness (QED) is 0.838. The molecule has 3 heteroatoms. The number of rotatable bonds is 4. The second-order valence-electron chi connectivity index (χ2n) is 5.35. The number of aromatic nitrogens is 2. The van der Waals surface area contributed by atoms with E-state index in [1.165, 1.54) is 11.3 Å². The molecular weight excluding hydrogens is 236 g/mol. The highest BCUT2D eigenvalue weighted by atomic mass is 16.5. The number of hydrogen-bond acceptors (Lipinski definition) is 2. The first-order chi connectivity index (χ1) is 9.18. The fourth-order valence-corrected chi connectivity index (χ4v) is 2.84. The minimum Gasteiger partial charge on any atom is -0.372 e. The van der Waals surface area contributed by atoms with Crippen molar-refractivity contribution in [3.63, 3.8) is 0 Å². The Balaban J connectivity index is 2.03. The molecule has 1 aromatic heterocycles.